The fraction of sp³-hybridized carbons (Fsp3) is 0.750. The molecular weight excluding hydrogens is 218 g/mol. The summed E-state index contributed by atoms with van der Waals surface area (Å²) in [4.78, 5) is 4.33. The molecule has 1 aliphatic rings. The monoisotopic (exact) mass is 239 g/mol. The molecule has 0 aromatic carbocycles. The molecule has 1 unspecified atom stereocenters. The van der Waals surface area contributed by atoms with Gasteiger partial charge in [-0.05, 0) is 19.8 Å². The summed E-state index contributed by atoms with van der Waals surface area (Å²) in [5.74, 6) is 0.942. The SMILES string of the molecule is CCOCCCn1ccnc1NC1CCOC1. The number of hydrogen-bond acceptors (Lipinski definition) is 4. The smallest absolute Gasteiger partial charge is 0.203 e. The highest BCUT2D eigenvalue weighted by molar-refractivity contribution is 5.27. The van der Waals surface area contributed by atoms with E-state index in [1.54, 1.807) is 0 Å². The Kier molecular flexibility index (Phi) is 4.82. The molecule has 1 N–H and O–H groups in total. The number of aryl methyl sites for hydroxylation is 1. The zero-order valence-corrected chi connectivity index (χ0v) is 10.4. The van der Waals surface area contributed by atoms with Crippen molar-refractivity contribution in [1.82, 2.24) is 9.55 Å². The molecule has 96 valence electrons. The second-order valence-electron chi connectivity index (χ2n) is 4.20. The van der Waals surface area contributed by atoms with E-state index in [0.29, 0.717) is 6.04 Å². The van der Waals surface area contributed by atoms with Crippen LogP contribution in [-0.2, 0) is 16.0 Å². The maximum Gasteiger partial charge on any atom is 0.203 e. The van der Waals surface area contributed by atoms with Gasteiger partial charge in [0.15, 0.2) is 0 Å². The summed E-state index contributed by atoms with van der Waals surface area (Å²) in [6.07, 6.45) is 5.91. The van der Waals surface area contributed by atoms with E-state index in [2.05, 4.69) is 14.9 Å². The third kappa shape index (κ3) is 3.71. The first kappa shape index (κ1) is 12.4. The fourth-order valence-corrected chi connectivity index (χ4v) is 1.94. The summed E-state index contributed by atoms with van der Waals surface area (Å²) < 4.78 is 12.8. The van der Waals surface area contributed by atoms with Crippen molar-refractivity contribution in [3.63, 3.8) is 0 Å². The van der Waals surface area contributed by atoms with Crippen molar-refractivity contribution >= 4 is 5.95 Å². The lowest BCUT2D eigenvalue weighted by atomic mass is 10.3. The van der Waals surface area contributed by atoms with Crippen molar-refractivity contribution in [1.29, 1.82) is 0 Å². The Morgan fingerprint density at radius 3 is 3.35 bits per heavy atom. The summed E-state index contributed by atoms with van der Waals surface area (Å²) in [5, 5.41) is 3.42. The van der Waals surface area contributed by atoms with Gasteiger partial charge in [0, 0.05) is 38.8 Å². The van der Waals surface area contributed by atoms with Gasteiger partial charge in [0.25, 0.3) is 0 Å². The summed E-state index contributed by atoms with van der Waals surface area (Å²) in [5.41, 5.74) is 0. The van der Waals surface area contributed by atoms with Crippen molar-refractivity contribution in [3.05, 3.63) is 12.4 Å². The molecule has 1 aromatic heterocycles. The van der Waals surface area contributed by atoms with Crippen molar-refractivity contribution in [2.75, 3.05) is 31.7 Å². The minimum absolute atomic E-state index is 0.406. The van der Waals surface area contributed by atoms with Gasteiger partial charge in [0.05, 0.1) is 12.6 Å². The van der Waals surface area contributed by atoms with Gasteiger partial charge in [0.2, 0.25) is 5.95 Å². The molecule has 17 heavy (non-hydrogen) atoms. The number of ether oxygens (including phenoxy) is 2. The van der Waals surface area contributed by atoms with Crippen molar-refractivity contribution in [3.8, 4) is 0 Å². The quantitative estimate of drug-likeness (QED) is 0.733. The predicted molar refractivity (Wildman–Crippen MR) is 66.2 cm³/mol. The number of aromatic nitrogens is 2. The number of nitrogens with one attached hydrogen (secondary N) is 1. The van der Waals surface area contributed by atoms with Crippen LogP contribution in [0.2, 0.25) is 0 Å². The highest BCUT2D eigenvalue weighted by Crippen LogP contribution is 2.12. The van der Waals surface area contributed by atoms with Gasteiger partial charge in [-0.2, -0.15) is 0 Å². The van der Waals surface area contributed by atoms with Crippen LogP contribution in [0.3, 0.4) is 0 Å². The maximum absolute atomic E-state index is 5.34. The zero-order chi connectivity index (χ0) is 11.9. The van der Waals surface area contributed by atoms with E-state index in [1.807, 2.05) is 19.3 Å². The molecule has 2 rings (SSSR count). The Morgan fingerprint density at radius 2 is 2.59 bits per heavy atom. The topological polar surface area (TPSA) is 48.3 Å². The van der Waals surface area contributed by atoms with Crippen LogP contribution in [0.5, 0.6) is 0 Å². The molecule has 5 nitrogen and oxygen atoms in total. The Labute approximate surface area is 102 Å². The zero-order valence-electron chi connectivity index (χ0n) is 10.4. The molecule has 5 heteroatoms. The minimum Gasteiger partial charge on any atom is -0.382 e. The Balaban J connectivity index is 1.79. The third-order valence-corrected chi connectivity index (χ3v) is 2.87. The molecule has 0 aliphatic carbocycles. The molecule has 0 radical (unpaired) electrons. The maximum atomic E-state index is 5.34. The number of anilines is 1. The van der Waals surface area contributed by atoms with E-state index < -0.39 is 0 Å². The van der Waals surface area contributed by atoms with Crippen molar-refractivity contribution < 1.29 is 9.47 Å². The van der Waals surface area contributed by atoms with E-state index >= 15 is 0 Å². The largest absolute Gasteiger partial charge is 0.382 e. The molecule has 1 aliphatic heterocycles. The van der Waals surface area contributed by atoms with Gasteiger partial charge in [0.1, 0.15) is 0 Å². The molecule has 1 atom stereocenters. The first-order valence-corrected chi connectivity index (χ1v) is 6.33. The van der Waals surface area contributed by atoms with Crippen molar-refractivity contribution in [2.24, 2.45) is 0 Å². The molecular formula is C12H21N3O2. The van der Waals surface area contributed by atoms with Gasteiger partial charge in [-0.1, -0.05) is 0 Å². The Morgan fingerprint density at radius 1 is 1.65 bits per heavy atom. The average molecular weight is 239 g/mol. The summed E-state index contributed by atoms with van der Waals surface area (Å²) >= 11 is 0. The summed E-state index contributed by atoms with van der Waals surface area (Å²) in [6.45, 7) is 6.18. The van der Waals surface area contributed by atoms with E-state index in [-0.39, 0.29) is 0 Å². The van der Waals surface area contributed by atoms with Crippen LogP contribution in [0, 0.1) is 0 Å². The third-order valence-electron chi connectivity index (χ3n) is 2.87. The first-order chi connectivity index (χ1) is 8.40. The predicted octanol–water partition coefficient (Wildman–Crippen LogP) is 1.51. The van der Waals surface area contributed by atoms with Gasteiger partial charge >= 0.3 is 0 Å². The van der Waals surface area contributed by atoms with Crippen LogP contribution >= 0.6 is 0 Å². The lowest BCUT2D eigenvalue weighted by Gasteiger charge is -2.13. The minimum atomic E-state index is 0.406. The van der Waals surface area contributed by atoms with E-state index in [4.69, 9.17) is 9.47 Å². The number of rotatable bonds is 7. The van der Waals surface area contributed by atoms with Gasteiger partial charge < -0.3 is 19.4 Å². The Bertz CT molecular complexity index is 321. The van der Waals surface area contributed by atoms with E-state index in [0.717, 1.165) is 51.8 Å². The molecule has 0 spiro atoms. The first-order valence-electron chi connectivity index (χ1n) is 6.33. The molecule has 1 fully saturated rings. The molecule has 0 amide bonds. The van der Waals surface area contributed by atoms with E-state index in [1.165, 1.54) is 0 Å². The molecule has 0 saturated carbocycles. The van der Waals surface area contributed by atoms with Crippen molar-refractivity contribution in [2.45, 2.75) is 32.4 Å². The summed E-state index contributed by atoms with van der Waals surface area (Å²) in [6, 6.07) is 0.406. The molecule has 2 heterocycles. The van der Waals surface area contributed by atoms with Crippen LogP contribution in [0.25, 0.3) is 0 Å². The number of hydrogen-bond donors (Lipinski definition) is 1. The number of imidazole rings is 1. The molecule has 1 saturated heterocycles. The van der Waals surface area contributed by atoms with Crippen LogP contribution in [-0.4, -0.2) is 42.0 Å². The lowest BCUT2D eigenvalue weighted by Crippen LogP contribution is -2.21. The van der Waals surface area contributed by atoms with E-state index in [9.17, 15) is 0 Å². The molecule has 1 aromatic rings. The standard InChI is InChI=1S/C12H21N3O2/c1-2-16-8-3-6-15-7-5-13-12(15)14-11-4-9-17-10-11/h5,7,11H,2-4,6,8-10H2,1H3,(H,13,14). The van der Waals surface area contributed by atoms with Crippen LogP contribution in [0.1, 0.15) is 19.8 Å². The Hall–Kier alpha value is -1.07. The second kappa shape index (κ2) is 6.61. The molecule has 0 bridgehead atoms. The van der Waals surface area contributed by atoms with Gasteiger partial charge in [-0.15, -0.1) is 0 Å². The summed E-state index contributed by atoms with van der Waals surface area (Å²) in [7, 11) is 0. The second-order valence-corrected chi connectivity index (χ2v) is 4.20. The average Bonchev–Trinajstić information content (AvgIpc) is 2.97. The van der Waals surface area contributed by atoms with Crippen LogP contribution in [0.15, 0.2) is 12.4 Å². The van der Waals surface area contributed by atoms with Crippen LogP contribution in [0.4, 0.5) is 5.95 Å². The highest BCUT2D eigenvalue weighted by Gasteiger charge is 2.16. The number of nitrogens with zero attached hydrogens (tertiary/aromatic N) is 2. The fourth-order valence-electron chi connectivity index (χ4n) is 1.94. The van der Waals surface area contributed by atoms with Gasteiger partial charge in [-0.25, -0.2) is 4.98 Å². The van der Waals surface area contributed by atoms with Crippen LogP contribution < -0.4 is 5.32 Å². The van der Waals surface area contributed by atoms with Gasteiger partial charge in [-0.3, -0.25) is 0 Å². The lowest BCUT2D eigenvalue weighted by molar-refractivity contribution is 0.142. The normalized spacial score (nSPS) is 19.7. The highest BCUT2D eigenvalue weighted by atomic mass is 16.5.